The number of unbranched alkanes of at least 4 members (excludes halogenated alkanes) is 9. The van der Waals surface area contributed by atoms with Crippen LogP contribution < -0.4 is 9.79 Å². The van der Waals surface area contributed by atoms with E-state index in [0.717, 1.165) is 12.8 Å². The molecule has 0 saturated carbocycles. The third-order valence-electron chi connectivity index (χ3n) is 2.75. The molecule has 0 aromatic carbocycles. The molecule has 17 heavy (non-hydrogen) atoms. The molecule has 0 radical (unpaired) electrons. The molecule has 4 nitrogen and oxygen atoms in total. The molecule has 0 spiro atoms. The summed E-state index contributed by atoms with van der Waals surface area (Å²) >= 11 is 0. The van der Waals surface area contributed by atoms with Gasteiger partial charge in [0.2, 0.25) is 0 Å². The van der Waals surface area contributed by atoms with Crippen molar-refractivity contribution in [2.75, 3.05) is 6.61 Å². The van der Waals surface area contributed by atoms with Gasteiger partial charge in [0.25, 0.3) is 0 Å². The van der Waals surface area contributed by atoms with Crippen LogP contribution in [0.3, 0.4) is 0 Å². The molecule has 0 heterocycles. The Morgan fingerprint density at radius 2 is 1.24 bits per heavy atom. The summed E-state index contributed by atoms with van der Waals surface area (Å²) in [6.07, 6.45) is 11.7. The molecule has 0 atom stereocenters. The van der Waals surface area contributed by atoms with E-state index in [9.17, 15) is 14.4 Å². The number of phosphoric acid groups is 1. The quantitative estimate of drug-likeness (QED) is 0.401. The molecule has 0 saturated heterocycles. The Morgan fingerprint density at radius 1 is 0.824 bits per heavy atom. The number of hydrogen-bond acceptors (Lipinski definition) is 4. The fraction of sp³-hybridized carbons (Fsp3) is 1.00. The van der Waals surface area contributed by atoms with Crippen LogP contribution in [0, 0.1) is 0 Å². The van der Waals surface area contributed by atoms with Crippen LogP contribution in [0.1, 0.15) is 71.1 Å². The zero-order valence-electron chi connectivity index (χ0n) is 10.9. The zero-order valence-corrected chi connectivity index (χ0v) is 11.8. The van der Waals surface area contributed by atoms with Crippen LogP contribution in [-0.2, 0) is 9.09 Å². The van der Waals surface area contributed by atoms with Gasteiger partial charge in [-0.15, -0.1) is 0 Å². The van der Waals surface area contributed by atoms with Crippen molar-refractivity contribution in [1.82, 2.24) is 0 Å². The fourth-order valence-electron chi connectivity index (χ4n) is 1.77. The average molecular weight is 264 g/mol. The summed E-state index contributed by atoms with van der Waals surface area (Å²) in [5.74, 6) is 0. The minimum atomic E-state index is -4.74. The summed E-state index contributed by atoms with van der Waals surface area (Å²) in [6.45, 7) is 2.26. The summed E-state index contributed by atoms with van der Waals surface area (Å²) in [7, 11) is -4.74. The van der Waals surface area contributed by atoms with Crippen molar-refractivity contribution >= 4 is 7.82 Å². The van der Waals surface area contributed by atoms with Crippen molar-refractivity contribution in [2.24, 2.45) is 0 Å². The first-order valence-electron chi connectivity index (χ1n) is 6.73. The van der Waals surface area contributed by atoms with Gasteiger partial charge < -0.3 is 18.9 Å². The Morgan fingerprint density at radius 3 is 1.65 bits per heavy atom. The van der Waals surface area contributed by atoms with E-state index in [0.29, 0.717) is 6.42 Å². The van der Waals surface area contributed by atoms with Crippen molar-refractivity contribution in [2.45, 2.75) is 71.1 Å². The van der Waals surface area contributed by atoms with Gasteiger partial charge in [-0.25, -0.2) is 0 Å². The SMILES string of the molecule is CCCCCCCCCCCCOP(=O)([O-])[O-]. The van der Waals surface area contributed by atoms with E-state index in [4.69, 9.17) is 0 Å². The molecule has 0 amide bonds. The molecular formula is C12H25O4P-2. The van der Waals surface area contributed by atoms with E-state index in [1.165, 1.54) is 44.9 Å². The van der Waals surface area contributed by atoms with Crippen LogP contribution >= 0.6 is 7.82 Å². The lowest BCUT2D eigenvalue weighted by atomic mass is 10.1. The molecule has 0 aliphatic heterocycles. The highest BCUT2D eigenvalue weighted by Gasteiger charge is 1.94. The van der Waals surface area contributed by atoms with E-state index < -0.39 is 7.82 Å². The van der Waals surface area contributed by atoms with E-state index >= 15 is 0 Å². The second-order valence-electron chi connectivity index (χ2n) is 4.46. The summed E-state index contributed by atoms with van der Waals surface area (Å²) in [4.78, 5) is 20.3. The molecule has 0 aliphatic rings. The van der Waals surface area contributed by atoms with Gasteiger partial charge in [0.15, 0.2) is 0 Å². The topological polar surface area (TPSA) is 72.4 Å². The van der Waals surface area contributed by atoms with Crippen LogP contribution in [0.2, 0.25) is 0 Å². The van der Waals surface area contributed by atoms with Crippen molar-refractivity contribution in [3.05, 3.63) is 0 Å². The molecule has 0 bridgehead atoms. The van der Waals surface area contributed by atoms with E-state index in [1.54, 1.807) is 0 Å². The first kappa shape index (κ1) is 17.1. The molecule has 0 N–H and O–H groups in total. The van der Waals surface area contributed by atoms with Crippen LogP contribution in [-0.4, -0.2) is 6.61 Å². The third kappa shape index (κ3) is 16.1. The van der Waals surface area contributed by atoms with E-state index in [2.05, 4.69) is 11.4 Å². The highest BCUT2D eigenvalue weighted by atomic mass is 31.2. The zero-order chi connectivity index (χ0) is 13.0. The normalized spacial score (nSPS) is 11.9. The Labute approximate surface area is 105 Å². The number of phosphoric ester groups is 1. The smallest absolute Gasteiger partial charge is 0.0596 e. The first-order valence-corrected chi connectivity index (χ1v) is 8.19. The standard InChI is InChI=1S/C12H27O4P/c1-2-3-4-5-6-7-8-9-10-11-12-16-17(13,14)15/h2-12H2,1H3,(H2,13,14,15)/p-2. The van der Waals surface area contributed by atoms with Gasteiger partial charge >= 0.3 is 0 Å². The molecule has 0 aromatic rings. The van der Waals surface area contributed by atoms with Gasteiger partial charge in [0.1, 0.15) is 0 Å². The van der Waals surface area contributed by atoms with Gasteiger partial charge in [-0.05, 0) is 6.42 Å². The molecule has 104 valence electrons. The maximum atomic E-state index is 10.1. The predicted molar refractivity (Wildman–Crippen MR) is 65.4 cm³/mol. The molecular weight excluding hydrogens is 239 g/mol. The first-order chi connectivity index (χ1) is 8.06. The Balaban J connectivity index is 3.01. The molecule has 0 fully saturated rings. The fourth-order valence-corrected chi connectivity index (χ4v) is 2.12. The van der Waals surface area contributed by atoms with Crippen LogP contribution in [0.4, 0.5) is 0 Å². The minimum absolute atomic E-state index is 0.0424. The minimum Gasteiger partial charge on any atom is -0.790 e. The van der Waals surface area contributed by atoms with E-state index in [1.807, 2.05) is 0 Å². The van der Waals surface area contributed by atoms with E-state index in [-0.39, 0.29) is 6.61 Å². The van der Waals surface area contributed by atoms with Gasteiger partial charge in [0, 0.05) is 0 Å². The summed E-state index contributed by atoms with van der Waals surface area (Å²) in [5.41, 5.74) is 0. The van der Waals surface area contributed by atoms with Crippen molar-refractivity contribution < 1.29 is 18.9 Å². The lowest BCUT2D eigenvalue weighted by Gasteiger charge is -2.28. The highest BCUT2D eigenvalue weighted by Crippen LogP contribution is 2.24. The Kier molecular flexibility index (Phi) is 11.3. The van der Waals surface area contributed by atoms with Crippen LogP contribution in [0.25, 0.3) is 0 Å². The molecule has 0 unspecified atom stereocenters. The molecule has 0 aliphatic carbocycles. The second kappa shape index (κ2) is 11.2. The maximum absolute atomic E-state index is 10.1. The van der Waals surface area contributed by atoms with Gasteiger partial charge in [-0.1, -0.05) is 64.7 Å². The second-order valence-corrected chi connectivity index (χ2v) is 5.62. The largest absolute Gasteiger partial charge is 0.790 e. The Hall–Kier alpha value is 0.110. The molecule has 0 rings (SSSR count). The van der Waals surface area contributed by atoms with Crippen molar-refractivity contribution in [1.29, 1.82) is 0 Å². The number of hydrogen-bond donors (Lipinski definition) is 0. The monoisotopic (exact) mass is 264 g/mol. The highest BCUT2D eigenvalue weighted by molar-refractivity contribution is 7.43. The predicted octanol–water partition coefficient (Wildman–Crippen LogP) is 2.75. The third-order valence-corrected chi connectivity index (χ3v) is 3.25. The summed E-state index contributed by atoms with van der Waals surface area (Å²) in [6, 6.07) is 0. The average Bonchev–Trinajstić information content (AvgIpc) is 2.24. The van der Waals surface area contributed by atoms with Gasteiger partial charge in [-0.2, -0.15) is 0 Å². The maximum Gasteiger partial charge on any atom is 0.0596 e. The lowest BCUT2D eigenvalue weighted by Crippen LogP contribution is -2.16. The van der Waals surface area contributed by atoms with Crippen LogP contribution in [0.5, 0.6) is 0 Å². The van der Waals surface area contributed by atoms with Crippen LogP contribution in [0.15, 0.2) is 0 Å². The summed E-state index contributed by atoms with van der Waals surface area (Å²) < 4.78 is 14.3. The van der Waals surface area contributed by atoms with Gasteiger partial charge in [-0.3, -0.25) is 0 Å². The molecule has 0 aromatic heterocycles. The Bertz CT molecular complexity index is 203. The lowest BCUT2D eigenvalue weighted by molar-refractivity contribution is -0.341. The summed E-state index contributed by atoms with van der Waals surface area (Å²) in [5, 5.41) is 0. The van der Waals surface area contributed by atoms with Gasteiger partial charge in [0.05, 0.1) is 14.4 Å². The number of rotatable bonds is 12. The van der Waals surface area contributed by atoms with Crippen molar-refractivity contribution in [3.8, 4) is 0 Å². The molecule has 5 heteroatoms. The van der Waals surface area contributed by atoms with Crippen molar-refractivity contribution in [3.63, 3.8) is 0 Å².